The zero-order chi connectivity index (χ0) is 15.4. The molecule has 7 heteroatoms. The Labute approximate surface area is 115 Å². The first kappa shape index (κ1) is 15.6. The van der Waals surface area contributed by atoms with E-state index in [-0.39, 0.29) is 11.4 Å². The second kappa shape index (κ2) is 6.14. The first-order chi connectivity index (χ1) is 9.23. The number of nitrogens with one attached hydrogen (secondary N) is 1. The summed E-state index contributed by atoms with van der Waals surface area (Å²) in [5.74, 6) is -3.33. The van der Waals surface area contributed by atoms with E-state index in [1.54, 1.807) is 13.0 Å². The van der Waals surface area contributed by atoms with Gasteiger partial charge in [-0.1, -0.05) is 19.9 Å². The molecule has 0 aliphatic rings. The smallest absolute Gasteiger partial charge is 0.307 e. The lowest BCUT2D eigenvalue weighted by molar-refractivity contribution is -0.384. The highest BCUT2D eigenvalue weighted by atomic mass is 16.6. The van der Waals surface area contributed by atoms with Gasteiger partial charge in [0, 0.05) is 12.0 Å². The van der Waals surface area contributed by atoms with Gasteiger partial charge < -0.3 is 10.4 Å². The molecule has 0 aromatic heterocycles. The summed E-state index contributed by atoms with van der Waals surface area (Å²) >= 11 is 0. The van der Waals surface area contributed by atoms with Gasteiger partial charge in [-0.3, -0.25) is 19.7 Å². The summed E-state index contributed by atoms with van der Waals surface area (Å²) in [6.45, 7) is 4.58. The van der Waals surface area contributed by atoms with Gasteiger partial charge >= 0.3 is 5.97 Å². The van der Waals surface area contributed by atoms with Crippen LogP contribution in [0.5, 0.6) is 0 Å². The van der Waals surface area contributed by atoms with Crippen LogP contribution in [0.4, 0.5) is 11.4 Å². The molecule has 2 N–H and O–H groups in total. The van der Waals surface area contributed by atoms with E-state index in [9.17, 15) is 19.7 Å². The Bertz CT molecular complexity index is 556. The van der Waals surface area contributed by atoms with Crippen molar-refractivity contribution in [1.29, 1.82) is 0 Å². The molecule has 0 heterocycles. The molecule has 7 nitrogen and oxygen atoms in total. The Hall–Kier alpha value is -2.44. The van der Waals surface area contributed by atoms with Crippen LogP contribution in [0, 0.1) is 28.9 Å². The summed E-state index contributed by atoms with van der Waals surface area (Å²) in [6.07, 6.45) is 0. The van der Waals surface area contributed by atoms with Crippen LogP contribution in [-0.2, 0) is 9.59 Å². The third-order valence-corrected chi connectivity index (χ3v) is 3.16. The Morgan fingerprint density at radius 1 is 1.30 bits per heavy atom. The van der Waals surface area contributed by atoms with Crippen molar-refractivity contribution in [3.8, 4) is 0 Å². The number of nitrogens with zero attached hydrogens (tertiary/aromatic N) is 1. The van der Waals surface area contributed by atoms with E-state index in [0.29, 0.717) is 5.56 Å². The molecule has 2 atom stereocenters. The number of carboxylic acids is 1. The molecule has 1 aromatic carbocycles. The molecule has 0 bridgehead atoms. The number of anilines is 1. The molecule has 1 amide bonds. The number of carboxylic acid groups (broad SMARTS) is 1. The number of nitro groups is 1. The van der Waals surface area contributed by atoms with Crippen LogP contribution >= 0.6 is 0 Å². The molecule has 1 aromatic rings. The highest BCUT2D eigenvalue weighted by Gasteiger charge is 2.27. The lowest BCUT2D eigenvalue weighted by atomic mass is 9.95. The average molecular weight is 280 g/mol. The normalized spacial score (nSPS) is 13.3. The minimum Gasteiger partial charge on any atom is -0.481 e. The number of rotatable bonds is 5. The van der Waals surface area contributed by atoms with Crippen LogP contribution < -0.4 is 5.32 Å². The molecule has 0 saturated heterocycles. The topological polar surface area (TPSA) is 110 Å². The van der Waals surface area contributed by atoms with Gasteiger partial charge in [0.05, 0.1) is 10.8 Å². The largest absolute Gasteiger partial charge is 0.481 e. The molecule has 108 valence electrons. The molecule has 0 radical (unpaired) electrons. The monoisotopic (exact) mass is 280 g/mol. The molecule has 0 fully saturated rings. The van der Waals surface area contributed by atoms with E-state index < -0.39 is 28.6 Å². The number of carbonyl (C=O) groups excluding carboxylic acids is 1. The van der Waals surface area contributed by atoms with Crippen LogP contribution in [0.25, 0.3) is 0 Å². The van der Waals surface area contributed by atoms with Crippen LogP contribution in [0.15, 0.2) is 18.2 Å². The standard InChI is InChI=1S/C13H16N2O5/c1-7-4-5-10(11(6-7)15(19)20)14-12(16)8(2)9(3)13(17)18/h4-6,8-9H,1-3H3,(H,14,16)(H,17,18). The van der Waals surface area contributed by atoms with Crippen LogP contribution in [-0.4, -0.2) is 21.9 Å². The van der Waals surface area contributed by atoms with Crippen molar-refractivity contribution in [2.24, 2.45) is 11.8 Å². The lowest BCUT2D eigenvalue weighted by Crippen LogP contribution is -2.30. The van der Waals surface area contributed by atoms with Crippen LogP contribution in [0.2, 0.25) is 0 Å². The van der Waals surface area contributed by atoms with Gasteiger partial charge in [-0.15, -0.1) is 0 Å². The number of nitro benzene ring substituents is 1. The predicted octanol–water partition coefficient (Wildman–Crippen LogP) is 2.20. The van der Waals surface area contributed by atoms with Gasteiger partial charge in [0.1, 0.15) is 5.69 Å². The molecule has 0 spiro atoms. The summed E-state index contributed by atoms with van der Waals surface area (Å²) in [6, 6.07) is 4.42. The number of aryl methyl sites for hydroxylation is 1. The number of hydrogen-bond acceptors (Lipinski definition) is 4. The summed E-state index contributed by atoms with van der Waals surface area (Å²) in [5.41, 5.74) is 0.546. The van der Waals surface area contributed by atoms with Crippen LogP contribution in [0.1, 0.15) is 19.4 Å². The van der Waals surface area contributed by atoms with Gasteiger partial charge in [-0.25, -0.2) is 0 Å². The number of aliphatic carboxylic acids is 1. The SMILES string of the molecule is Cc1ccc(NC(=O)C(C)C(C)C(=O)O)c([N+](=O)[O-])c1. The predicted molar refractivity (Wildman–Crippen MR) is 72.4 cm³/mol. The molecule has 0 aliphatic heterocycles. The highest BCUT2D eigenvalue weighted by molar-refractivity contribution is 5.96. The maximum atomic E-state index is 11.9. The zero-order valence-electron chi connectivity index (χ0n) is 11.4. The summed E-state index contributed by atoms with van der Waals surface area (Å²) < 4.78 is 0. The van der Waals surface area contributed by atoms with Crippen molar-refractivity contribution in [2.45, 2.75) is 20.8 Å². The fourth-order valence-electron chi connectivity index (χ4n) is 1.59. The number of carbonyl (C=O) groups is 2. The van der Waals surface area contributed by atoms with Crippen molar-refractivity contribution in [3.63, 3.8) is 0 Å². The van der Waals surface area contributed by atoms with E-state index in [2.05, 4.69) is 5.32 Å². The van der Waals surface area contributed by atoms with Crippen molar-refractivity contribution in [1.82, 2.24) is 0 Å². The first-order valence-corrected chi connectivity index (χ1v) is 6.02. The molecule has 0 aliphatic carbocycles. The van der Waals surface area contributed by atoms with Gasteiger partial charge in [0.2, 0.25) is 5.91 Å². The Balaban J connectivity index is 2.96. The summed E-state index contributed by atoms with van der Waals surface area (Å²) in [7, 11) is 0. The second-order valence-electron chi connectivity index (χ2n) is 4.68. The Morgan fingerprint density at radius 2 is 1.90 bits per heavy atom. The second-order valence-corrected chi connectivity index (χ2v) is 4.68. The fourth-order valence-corrected chi connectivity index (χ4v) is 1.59. The lowest BCUT2D eigenvalue weighted by Gasteiger charge is -2.15. The molecular formula is C13H16N2O5. The Kier molecular flexibility index (Phi) is 4.79. The van der Waals surface area contributed by atoms with E-state index in [1.807, 2.05) is 0 Å². The van der Waals surface area contributed by atoms with Crippen molar-refractivity contribution in [3.05, 3.63) is 33.9 Å². The Morgan fingerprint density at radius 3 is 2.40 bits per heavy atom. The maximum absolute atomic E-state index is 11.9. The number of amides is 1. The van der Waals surface area contributed by atoms with E-state index in [0.717, 1.165) is 0 Å². The summed E-state index contributed by atoms with van der Waals surface area (Å²) in [4.78, 5) is 33.1. The molecule has 20 heavy (non-hydrogen) atoms. The van der Waals surface area contributed by atoms with Crippen molar-refractivity contribution < 1.29 is 19.6 Å². The van der Waals surface area contributed by atoms with Crippen molar-refractivity contribution in [2.75, 3.05) is 5.32 Å². The highest BCUT2D eigenvalue weighted by Crippen LogP contribution is 2.26. The molecule has 0 saturated carbocycles. The van der Waals surface area contributed by atoms with Crippen molar-refractivity contribution >= 4 is 23.3 Å². The minimum absolute atomic E-state index is 0.0649. The van der Waals surface area contributed by atoms with Gasteiger partial charge in [0.25, 0.3) is 5.69 Å². The molecular weight excluding hydrogens is 264 g/mol. The van der Waals surface area contributed by atoms with Gasteiger partial charge in [-0.2, -0.15) is 0 Å². The quantitative estimate of drug-likeness (QED) is 0.634. The number of hydrogen-bond donors (Lipinski definition) is 2. The maximum Gasteiger partial charge on any atom is 0.307 e. The van der Waals surface area contributed by atoms with Gasteiger partial charge in [0.15, 0.2) is 0 Å². The van der Waals surface area contributed by atoms with E-state index in [4.69, 9.17) is 5.11 Å². The fraction of sp³-hybridized carbons (Fsp3) is 0.385. The molecule has 2 unspecified atom stereocenters. The zero-order valence-corrected chi connectivity index (χ0v) is 11.4. The minimum atomic E-state index is -1.09. The summed E-state index contributed by atoms with van der Waals surface area (Å²) in [5, 5.41) is 22.2. The average Bonchev–Trinajstić information content (AvgIpc) is 2.38. The van der Waals surface area contributed by atoms with E-state index in [1.165, 1.54) is 26.0 Å². The number of benzene rings is 1. The van der Waals surface area contributed by atoms with Crippen LogP contribution in [0.3, 0.4) is 0 Å². The first-order valence-electron chi connectivity index (χ1n) is 6.02. The van der Waals surface area contributed by atoms with Gasteiger partial charge in [-0.05, 0) is 18.6 Å². The third-order valence-electron chi connectivity index (χ3n) is 3.16. The van der Waals surface area contributed by atoms with E-state index >= 15 is 0 Å². The molecule has 1 rings (SSSR count). The third kappa shape index (κ3) is 3.53.